The first kappa shape index (κ1) is 13.2. The third-order valence-corrected chi connectivity index (χ3v) is 9.84. The zero-order valence-electron chi connectivity index (χ0n) is 10.7. The summed E-state index contributed by atoms with van der Waals surface area (Å²) in [7, 11) is -2.07. The number of amides is 1. The monoisotopic (exact) mass is 243 g/mol. The van der Waals surface area contributed by atoms with Gasteiger partial charge in [0.2, 0.25) is 5.91 Å². The van der Waals surface area contributed by atoms with Crippen LogP contribution in [0.15, 0.2) is 0 Å². The Morgan fingerprint density at radius 2 is 1.94 bits per heavy atom. The van der Waals surface area contributed by atoms with Gasteiger partial charge in [0.1, 0.15) is 5.67 Å². The van der Waals surface area contributed by atoms with Gasteiger partial charge in [0, 0.05) is 13.0 Å². The van der Waals surface area contributed by atoms with Crippen molar-refractivity contribution in [3.63, 3.8) is 0 Å². The molecule has 1 fully saturated rings. The second-order valence-electron chi connectivity index (χ2n) is 6.05. The summed E-state index contributed by atoms with van der Waals surface area (Å²) >= 11 is 0. The van der Waals surface area contributed by atoms with E-state index >= 15 is 0 Å². The number of carbonyl (C=O) groups is 2. The van der Waals surface area contributed by atoms with Crippen LogP contribution in [0.2, 0.25) is 18.1 Å². The topological polar surface area (TPSA) is 57.6 Å². The molecule has 0 aromatic rings. The summed E-state index contributed by atoms with van der Waals surface area (Å²) in [5.74, 6) is -0.864. The maximum Gasteiger partial charge on any atom is 0.323 e. The zero-order chi connectivity index (χ0) is 12.7. The molecule has 1 N–H and O–H groups in total. The fraction of sp³-hybridized carbons (Fsp3) is 0.818. The summed E-state index contributed by atoms with van der Waals surface area (Å²) < 4.78 is 0. The number of aliphatic carboxylic acids is 1. The Kier molecular flexibility index (Phi) is 3.20. The van der Waals surface area contributed by atoms with Gasteiger partial charge >= 0.3 is 5.97 Å². The fourth-order valence-electron chi connectivity index (χ4n) is 1.85. The third kappa shape index (κ3) is 2.00. The number of nitrogens with zero attached hydrogens (tertiary/aromatic N) is 1. The van der Waals surface area contributed by atoms with Crippen molar-refractivity contribution in [2.75, 3.05) is 6.54 Å². The average Bonchev–Trinajstić information content (AvgIpc) is 2.08. The average molecular weight is 243 g/mol. The summed E-state index contributed by atoms with van der Waals surface area (Å²) in [5, 5.41) is 9.33. The Morgan fingerprint density at radius 1 is 1.44 bits per heavy atom. The number of carbonyl (C=O) groups excluding carboxylic acids is 1. The van der Waals surface area contributed by atoms with Gasteiger partial charge in [-0.25, -0.2) is 0 Å². The molecule has 1 atom stereocenters. The SMILES string of the molecule is CC(C)(C)[Si](C)(C)[C@@H](C(=O)O)N1CCC1=O. The quantitative estimate of drug-likeness (QED) is 0.606. The minimum absolute atomic E-state index is 0.0165. The highest BCUT2D eigenvalue weighted by Crippen LogP contribution is 2.40. The number of likely N-dealkylation sites (tertiary alicyclic amines) is 1. The molecule has 1 rings (SSSR count). The first-order valence-electron chi connectivity index (χ1n) is 5.61. The first-order chi connectivity index (χ1) is 7.09. The minimum atomic E-state index is -2.07. The Bertz CT molecular complexity index is 320. The number of β-lactam (4-membered cyclic amide) rings is 1. The molecule has 0 radical (unpaired) electrons. The van der Waals surface area contributed by atoms with Gasteiger partial charge in [-0.05, 0) is 5.04 Å². The summed E-state index contributed by atoms with van der Waals surface area (Å²) in [6, 6.07) is 0. The highest BCUT2D eigenvalue weighted by Gasteiger charge is 2.51. The smallest absolute Gasteiger partial charge is 0.323 e. The van der Waals surface area contributed by atoms with Crippen LogP contribution >= 0.6 is 0 Å². The highest BCUT2D eigenvalue weighted by molar-refractivity contribution is 6.84. The molecule has 1 amide bonds. The van der Waals surface area contributed by atoms with Gasteiger partial charge in [-0.3, -0.25) is 9.59 Å². The number of rotatable bonds is 3. The maximum absolute atomic E-state index is 11.4. The molecule has 92 valence electrons. The molecule has 0 unspecified atom stereocenters. The summed E-state index contributed by atoms with van der Waals surface area (Å²) in [4.78, 5) is 24.4. The summed E-state index contributed by atoms with van der Waals surface area (Å²) in [6.07, 6.45) is 0.498. The summed E-state index contributed by atoms with van der Waals surface area (Å²) in [6.45, 7) is 10.9. The Balaban J connectivity index is 3.03. The minimum Gasteiger partial charge on any atom is -0.480 e. The van der Waals surface area contributed by atoms with Crippen LogP contribution in [0.25, 0.3) is 0 Å². The predicted octanol–water partition coefficient (Wildman–Crippen LogP) is 1.72. The van der Waals surface area contributed by atoms with Gasteiger partial charge in [-0.1, -0.05) is 33.9 Å². The standard InChI is InChI=1S/C11H21NO3Si/c1-11(2,3)16(4,5)9(10(14)15)12-7-6-8(12)13/h9H,6-7H2,1-5H3,(H,14,15)/t9-/m0/s1. The van der Waals surface area contributed by atoms with E-state index in [2.05, 4.69) is 33.9 Å². The number of hydrogen-bond acceptors (Lipinski definition) is 2. The van der Waals surface area contributed by atoms with E-state index in [4.69, 9.17) is 0 Å². The van der Waals surface area contributed by atoms with Crippen LogP contribution in [0, 0.1) is 0 Å². The van der Waals surface area contributed by atoms with Crippen LogP contribution in [-0.4, -0.2) is 42.2 Å². The van der Waals surface area contributed by atoms with Gasteiger partial charge in [0.15, 0.2) is 0 Å². The maximum atomic E-state index is 11.4. The molecule has 0 spiro atoms. The van der Waals surface area contributed by atoms with E-state index in [1.165, 1.54) is 0 Å². The highest BCUT2D eigenvalue weighted by atomic mass is 28.3. The van der Waals surface area contributed by atoms with Crippen molar-refractivity contribution < 1.29 is 14.7 Å². The molecule has 1 saturated heterocycles. The molecule has 0 aliphatic carbocycles. The predicted molar refractivity (Wildman–Crippen MR) is 65.0 cm³/mol. The number of hydrogen-bond donors (Lipinski definition) is 1. The van der Waals surface area contributed by atoms with Gasteiger partial charge in [0.25, 0.3) is 0 Å². The van der Waals surface area contributed by atoms with Crippen LogP contribution < -0.4 is 0 Å². The lowest BCUT2D eigenvalue weighted by atomic mass is 10.2. The number of carboxylic acid groups (broad SMARTS) is 1. The Labute approximate surface area is 97.6 Å². The van der Waals surface area contributed by atoms with Crippen molar-refractivity contribution >= 4 is 20.0 Å². The normalized spacial score (nSPS) is 19.3. The van der Waals surface area contributed by atoms with Crippen molar-refractivity contribution in [2.45, 2.75) is 51.0 Å². The molecular formula is C11H21NO3Si. The molecule has 1 aliphatic rings. The molecule has 4 nitrogen and oxygen atoms in total. The summed E-state index contributed by atoms with van der Waals surface area (Å²) in [5.41, 5.74) is -0.589. The van der Waals surface area contributed by atoms with Crippen molar-refractivity contribution in [2.24, 2.45) is 0 Å². The zero-order valence-corrected chi connectivity index (χ0v) is 11.7. The molecule has 0 bridgehead atoms. The van der Waals surface area contributed by atoms with Crippen LogP contribution in [0.4, 0.5) is 0 Å². The van der Waals surface area contributed by atoms with Gasteiger partial charge in [-0.2, -0.15) is 0 Å². The third-order valence-electron chi connectivity index (χ3n) is 4.05. The van der Waals surface area contributed by atoms with Crippen LogP contribution in [0.3, 0.4) is 0 Å². The van der Waals surface area contributed by atoms with E-state index in [1.54, 1.807) is 4.90 Å². The van der Waals surface area contributed by atoms with E-state index < -0.39 is 19.7 Å². The molecule has 16 heavy (non-hydrogen) atoms. The molecule has 0 aromatic carbocycles. The lowest BCUT2D eigenvalue weighted by Gasteiger charge is -2.48. The molecule has 0 aromatic heterocycles. The first-order valence-corrected chi connectivity index (χ1v) is 8.69. The van der Waals surface area contributed by atoms with Crippen LogP contribution in [0.5, 0.6) is 0 Å². The molecular weight excluding hydrogens is 222 g/mol. The Hall–Kier alpha value is -0.843. The molecule has 1 aliphatic heterocycles. The molecule has 0 saturated carbocycles. The van der Waals surface area contributed by atoms with Crippen LogP contribution in [-0.2, 0) is 9.59 Å². The van der Waals surface area contributed by atoms with Crippen LogP contribution in [0.1, 0.15) is 27.2 Å². The van der Waals surface area contributed by atoms with Gasteiger partial charge in [0.05, 0.1) is 8.07 Å². The van der Waals surface area contributed by atoms with E-state index in [-0.39, 0.29) is 10.9 Å². The van der Waals surface area contributed by atoms with Crippen molar-refractivity contribution in [1.82, 2.24) is 4.90 Å². The fourth-order valence-corrected chi connectivity index (χ4v) is 4.34. The molecule has 1 heterocycles. The van der Waals surface area contributed by atoms with E-state index in [0.29, 0.717) is 13.0 Å². The van der Waals surface area contributed by atoms with E-state index in [9.17, 15) is 14.7 Å². The van der Waals surface area contributed by atoms with E-state index in [0.717, 1.165) is 0 Å². The lowest BCUT2D eigenvalue weighted by molar-refractivity contribution is -0.152. The van der Waals surface area contributed by atoms with Gasteiger partial charge < -0.3 is 10.0 Å². The van der Waals surface area contributed by atoms with Crippen molar-refractivity contribution in [3.05, 3.63) is 0 Å². The Morgan fingerprint density at radius 3 is 2.12 bits per heavy atom. The second kappa shape index (κ2) is 3.87. The largest absolute Gasteiger partial charge is 0.480 e. The lowest BCUT2D eigenvalue weighted by Crippen LogP contribution is -2.66. The van der Waals surface area contributed by atoms with Crippen molar-refractivity contribution in [1.29, 1.82) is 0 Å². The molecule has 5 heteroatoms. The van der Waals surface area contributed by atoms with E-state index in [1.807, 2.05) is 0 Å². The van der Waals surface area contributed by atoms with Gasteiger partial charge in [-0.15, -0.1) is 0 Å². The number of carboxylic acids is 1. The van der Waals surface area contributed by atoms with Crippen molar-refractivity contribution in [3.8, 4) is 0 Å². The second-order valence-corrected chi connectivity index (χ2v) is 11.5.